The maximum absolute atomic E-state index is 12.4. The zero-order chi connectivity index (χ0) is 18.1. The highest BCUT2D eigenvalue weighted by molar-refractivity contribution is 7.98. The number of aromatic nitrogens is 4. The zero-order valence-electron chi connectivity index (χ0n) is 13.9. The molecular weight excluding hydrogens is 368 g/mol. The van der Waals surface area contributed by atoms with Crippen LogP contribution in [0, 0.1) is 6.92 Å². The summed E-state index contributed by atoms with van der Waals surface area (Å²) in [6.45, 7) is 2.06. The number of hydrogen-bond acceptors (Lipinski definition) is 4. The van der Waals surface area contributed by atoms with Gasteiger partial charge in [0.1, 0.15) is 5.39 Å². The molecule has 0 fully saturated rings. The molecule has 2 aromatic heterocycles. The minimum atomic E-state index is -0.193. The number of nitrogens with zero attached hydrogens (tertiary/aromatic N) is 3. The molecule has 0 saturated carbocycles. The van der Waals surface area contributed by atoms with E-state index in [-0.39, 0.29) is 5.56 Å². The third-order valence-corrected chi connectivity index (χ3v) is 5.14. The third-order valence-electron chi connectivity index (χ3n) is 3.95. The topological polar surface area (TPSA) is 63.6 Å². The second-order valence-corrected chi connectivity index (χ2v) is 7.32. The van der Waals surface area contributed by atoms with Crippen LogP contribution in [0.3, 0.4) is 0 Å². The highest BCUT2D eigenvalue weighted by atomic mass is 35.5. The minimum Gasteiger partial charge on any atom is -0.301 e. The molecule has 5 nitrogen and oxygen atoms in total. The van der Waals surface area contributed by atoms with Gasteiger partial charge in [0.05, 0.1) is 11.9 Å². The van der Waals surface area contributed by atoms with Gasteiger partial charge in [-0.05, 0) is 36.8 Å². The Morgan fingerprint density at radius 1 is 1.19 bits per heavy atom. The standard InChI is InChI=1S/C19H15ClN4OS/c1-12-3-2-4-13(9-12)11-26-19-22-17-16(18(25)23-19)10-21-24(17)15-7-5-14(20)6-8-15/h2-10H,11H2,1H3,(H,22,23,25). The van der Waals surface area contributed by atoms with Crippen LogP contribution in [0.2, 0.25) is 5.02 Å². The highest BCUT2D eigenvalue weighted by Gasteiger charge is 2.12. The predicted molar refractivity (Wildman–Crippen MR) is 105 cm³/mol. The summed E-state index contributed by atoms with van der Waals surface area (Å²) < 4.78 is 1.65. The number of aromatic amines is 1. The number of fused-ring (bicyclic) bond motifs is 1. The van der Waals surface area contributed by atoms with Crippen molar-refractivity contribution >= 4 is 34.4 Å². The van der Waals surface area contributed by atoms with Gasteiger partial charge in [0.15, 0.2) is 10.8 Å². The molecule has 1 N–H and O–H groups in total. The lowest BCUT2D eigenvalue weighted by molar-refractivity contribution is 0.873. The molecule has 4 rings (SSSR count). The van der Waals surface area contributed by atoms with Crippen molar-refractivity contribution in [2.24, 2.45) is 0 Å². The van der Waals surface area contributed by atoms with E-state index in [2.05, 4.69) is 40.2 Å². The Labute approximate surface area is 159 Å². The molecule has 130 valence electrons. The summed E-state index contributed by atoms with van der Waals surface area (Å²) in [5.41, 5.74) is 3.53. The first-order valence-corrected chi connectivity index (χ1v) is 9.39. The second kappa shape index (κ2) is 6.97. The molecule has 0 aliphatic rings. The summed E-state index contributed by atoms with van der Waals surface area (Å²) in [4.78, 5) is 19.8. The van der Waals surface area contributed by atoms with E-state index in [4.69, 9.17) is 11.6 Å². The molecule has 0 atom stereocenters. The number of thioether (sulfide) groups is 1. The van der Waals surface area contributed by atoms with Crippen molar-refractivity contribution in [2.45, 2.75) is 17.8 Å². The van der Waals surface area contributed by atoms with Crippen LogP contribution in [0.1, 0.15) is 11.1 Å². The van der Waals surface area contributed by atoms with Crippen molar-refractivity contribution in [1.82, 2.24) is 19.7 Å². The van der Waals surface area contributed by atoms with Gasteiger partial charge in [-0.25, -0.2) is 9.67 Å². The number of H-pyrrole nitrogens is 1. The van der Waals surface area contributed by atoms with E-state index in [1.54, 1.807) is 16.8 Å². The van der Waals surface area contributed by atoms with Gasteiger partial charge in [0, 0.05) is 10.8 Å². The summed E-state index contributed by atoms with van der Waals surface area (Å²) >= 11 is 7.44. The predicted octanol–water partition coefficient (Wildman–Crippen LogP) is 4.36. The van der Waals surface area contributed by atoms with E-state index in [0.717, 1.165) is 11.4 Å². The Kier molecular flexibility index (Phi) is 4.53. The van der Waals surface area contributed by atoms with Gasteiger partial charge in [0.2, 0.25) is 0 Å². The van der Waals surface area contributed by atoms with Crippen LogP contribution in [0.4, 0.5) is 0 Å². The van der Waals surface area contributed by atoms with Crippen molar-refractivity contribution in [3.05, 3.63) is 81.2 Å². The monoisotopic (exact) mass is 382 g/mol. The summed E-state index contributed by atoms with van der Waals surface area (Å²) in [7, 11) is 0. The summed E-state index contributed by atoms with van der Waals surface area (Å²) in [6.07, 6.45) is 1.53. The molecule has 0 aliphatic carbocycles. The van der Waals surface area contributed by atoms with Gasteiger partial charge in [-0.2, -0.15) is 5.10 Å². The number of hydrogen-bond donors (Lipinski definition) is 1. The molecule has 4 aromatic rings. The van der Waals surface area contributed by atoms with E-state index in [1.807, 2.05) is 18.2 Å². The molecule has 0 spiro atoms. The Balaban J connectivity index is 1.69. The summed E-state index contributed by atoms with van der Waals surface area (Å²) in [5.74, 6) is 0.727. The van der Waals surface area contributed by atoms with Crippen LogP contribution in [-0.2, 0) is 5.75 Å². The number of halogens is 1. The van der Waals surface area contributed by atoms with Crippen LogP contribution >= 0.6 is 23.4 Å². The van der Waals surface area contributed by atoms with Crippen LogP contribution in [0.15, 0.2) is 64.7 Å². The van der Waals surface area contributed by atoms with Crippen LogP contribution in [0.25, 0.3) is 16.7 Å². The Morgan fingerprint density at radius 2 is 2.00 bits per heavy atom. The molecule has 26 heavy (non-hydrogen) atoms. The molecule has 0 radical (unpaired) electrons. The van der Waals surface area contributed by atoms with Gasteiger partial charge < -0.3 is 4.98 Å². The average molecular weight is 383 g/mol. The van der Waals surface area contributed by atoms with E-state index < -0.39 is 0 Å². The first-order chi connectivity index (χ1) is 12.6. The van der Waals surface area contributed by atoms with Gasteiger partial charge >= 0.3 is 0 Å². The smallest absolute Gasteiger partial charge is 0.262 e. The van der Waals surface area contributed by atoms with E-state index in [9.17, 15) is 4.79 Å². The Bertz CT molecular complexity index is 1130. The van der Waals surface area contributed by atoms with Crippen molar-refractivity contribution in [3.8, 4) is 5.69 Å². The number of aryl methyl sites for hydroxylation is 1. The molecule has 0 bridgehead atoms. The minimum absolute atomic E-state index is 0.193. The normalized spacial score (nSPS) is 11.2. The quantitative estimate of drug-likeness (QED) is 0.420. The maximum atomic E-state index is 12.4. The fourth-order valence-electron chi connectivity index (χ4n) is 2.69. The lowest BCUT2D eigenvalue weighted by Crippen LogP contribution is -2.09. The summed E-state index contributed by atoms with van der Waals surface area (Å²) in [6, 6.07) is 15.5. The summed E-state index contributed by atoms with van der Waals surface area (Å²) in [5, 5.41) is 5.98. The van der Waals surface area contributed by atoms with Crippen LogP contribution in [-0.4, -0.2) is 19.7 Å². The molecule has 2 aromatic carbocycles. The molecule has 0 unspecified atom stereocenters. The van der Waals surface area contributed by atoms with E-state index in [0.29, 0.717) is 21.2 Å². The first kappa shape index (κ1) is 16.9. The molecule has 2 heterocycles. The van der Waals surface area contributed by atoms with Crippen molar-refractivity contribution in [3.63, 3.8) is 0 Å². The molecule has 0 amide bonds. The van der Waals surface area contributed by atoms with E-state index >= 15 is 0 Å². The van der Waals surface area contributed by atoms with Crippen molar-refractivity contribution in [2.75, 3.05) is 0 Å². The number of nitrogens with one attached hydrogen (secondary N) is 1. The van der Waals surface area contributed by atoms with Gasteiger partial charge in [-0.15, -0.1) is 0 Å². The van der Waals surface area contributed by atoms with Crippen molar-refractivity contribution in [1.29, 1.82) is 0 Å². The fraction of sp³-hybridized carbons (Fsp3) is 0.105. The zero-order valence-corrected chi connectivity index (χ0v) is 15.5. The van der Waals surface area contributed by atoms with Gasteiger partial charge in [-0.1, -0.05) is 53.2 Å². The van der Waals surface area contributed by atoms with Gasteiger partial charge in [0.25, 0.3) is 5.56 Å². The van der Waals surface area contributed by atoms with Gasteiger partial charge in [-0.3, -0.25) is 4.79 Å². The highest BCUT2D eigenvalue weighted by Crippen LogP contribution is 2.22. The average Bonchev–Trinajstić information content (AvgIpc) is 3.05. The number of benzene rings is 2. The van der Waals surface area contributed by atoms with E-state index in [1.165, 1.54) is 29.1 Å². The number of rotatable bonds is 4. The molecule has 7 heteroatoms. The van der Waals surface area contributed by atoms with Crippen LogP contribution < -0.4 is 5.56 Å². The first-order valence-electron chi connectivity index (χ1n) is 8.02. The Morgan fingerprint density at radius 3 is 2.77 bits per heavy atom. The Hall–Kier alpha value is -2.57. The largest absolute Gasteiger partial charge is 0.301 e. The maximum Gasteiger partial charge on any atom is 0.262 e. The molecular formula is C19H15ClN4OS. The van der Waals surface area contributed by atoms with Crippen molar-refractivity contribution < 1.29 is 0 Å². The lowest BCUT2D eigenvalue weighted by Gasteiger charge is -2.05. The van der Waals surface area contributed by atoms with Crippen LogP contribution in [0.5, 0.6) is 0 Å². The molecule has 0 saturated heterocycles. The second-order valence-electron chi connectivity index (χ2n) is 5.92. The fourth-order valence-corrected chi connectivity index (χ4v) is 3.62. The lowest BCUT2D eigenvalue weighted by atomic mass is 10.2. The SMILES string of the molecule is Cc1cccc(CSc2nc3c(cnn3-c3ccc(Cl)cc3)c(=O)[nH]2)c1. The third kappa shape index (κ3) is 3.38. The molecule has 0 aliphatic heterocycles.